The number of hydrogen-bond acceptors (Lipinski definition) is 4. The number of hydrogen-bond donors (Lipinski definition) is 2. The van der Waals surface area contributed by atoms with Crippen LogP contribution >= 0.6 is 0 Å². The first-order valence-electron chi connectivity index (χ1n) is 6.08. The van der Waals surface area contributed by atoms with Crippen LogP contribution in [0.15, 0.2) is 18.3 Å². The second kappa shape index (κ2) is 6.72. The van der Waals surface area contributed by atoms with Gasteiger partial charge in [-0.05, 0) is 32.9 Å². The van der Waals surface area contributed by atoms with Crippen LogP contribution in [0, 0.1) is 5.92 Å². The third kappa shape index (κ3) is 3.94. The lowest BCUT2D eigenvalue weighted by Gasteiger charge is -2.18. The minimum atomic E-state index is -0.955. The van der Waals surface area contributed by atoms with Crippen LogP contribution in [0.5, 0.6) is 5.88 Å². The van der Waals surface area contributed by atoms with Gasteiger partial charge in [0.1, 0.15) is 5.56 Å². The van der Waals surface area contributed by atoms with Crippen LogP contribution in [0.4, 0.5) is 0 Å². The van der Waals surface area contributed by atoms with Gasteiger partial charge in [-0.2, -0.15) is 0 Å². The summed E-state index contributed by atoms with van der Waals surface area (Å²) in [5, 5.41) is 11.5. The maximum Gasteiger partial charge on any atom is 0.308 e. The molecule has 0 radical (unpaired) electrons. The van der Waals surface area contributed by atoms with Gasteiger partial charge >= 0.3 is 5.97 Å². The molecule has 6 nitrogen and oxygen atoms in total. The summed E-state index contributed by atoms with van der Waals surface area (Å²) in [6.07, 6.45) is 1.53. The summed E-state index contributed by atoms with van der Waals surface area (Å²) < 4.78 is 5.26. The SMILES string of the molecule is CCOc1ncccc1C(=O)NC(C)C(C)C(=O)O. The van der Waals surface area contributed by atoms with Gasteiger partial charge in [-0.3, -0.25) is 9.59 Å². The van der Waals surface area contributed by atoms with E-state index in [2.05, 4.69) is 10.3 Å². The van der Waals surface area contributed by atoms with E-state index >= 15 is 0 Å². The van der Waals surface area contributed by atoms with Crippen molar-refractivity contribution in [1.82, 2.24) is 10.3 Å². The van der Waals surface area contributed by atoms with Gasteiger partial charge < -0.3 is 15.2 Å². The Hall–Kier alpha value is -2.11. The largest absolute Gasteiger partial charge is 0.481 e. The Morgan fingerprint density at radius 2 is 2.16 bits per heavy atom. The van der Waals surface area contributed by atoms with Crippen LogP contribution in [0.2, 0.25) is 0 Å². The third-order valence-corrected chi connectivity index (χ3v) is 2.80. The summed E-state index contributed by atoms with van der Waals surface area (Å²) in [5.74, 6) is -1.77. The molecule has 0 fully saturated rings. The molecule has 0 saturated carbocycles. The maximum absolute atomic E-state index is 12.1. The normalized spacial score (nSPS) is 13.4. The molecule has 1 amide bonds. The zero-order valence-corrected chi connectivity index (χ0v) is 11.2. The summed E-state index contributed by atoms with van der Waals surface area (Å²) >= 11 is 0. The Morgan fingerprint density at radius 1 is 1.47 bits per heavy atom. The number of aliphatic carboxylic acids is 1. The summed E-state index contributed by atoms with van der Waals surface area (Å²) in [6, 6.07) is 2.73. The summed E-state index contributed by atoms with van der Waals surface area (Å²) in [7, 11) is 0. The highest BCUT2D eigenvalue weighted by Crippen LogP contribution is 2.15. The van der Waals surface area contributed by atoms with E-state index in [4.69, 9.17) is 9.84 Å². The number of carbonyl (C=O) groups is 2. The zero-order chi connectivity index (χ0) is 14.4. The molecular weight excluding hydrogens is 248 g/mol. The molecule has 1 aromatic rings. The Labute approximate surface area is 111 Å². The third-order valence-electron chi connectivity index (χ3n) is 2.80. The van der Waals surface area contributed by atoms with Crippen molar-refractivity contribution in [2.24, 2.45) is 5.92 Å². The van der Waals surface area contributed by atoms with Gasteiger partial charge in [-0.1, -0.05) is 0 Å². The molecule has 0 bridgehead atoms. The molecule has 0 saturated heterocycles. The van der Waals surface area contributed by atoms with Gasteiger partial charge in [0.2, 0.25) is 5.88 Å². The number of ether oxygens (including phenoxy) is 1. The smallest absolute Gasteiger partial charge is 0.308 e. The van der Waals surface area contributed by atoms with E-state index in [1.165, 1.54) is 6.20 Å². The minimum absolute atomic E-state index is 0.248. The van der Waals surface area contributed by atoms with Crippen molar-refractivity contribution in [1.29, 1.82) is 0 Å². The van der Waals surface area contributed by atoms with Crippen molar-refractivity contribution < 1.29 is 19.4 Å². The summed E-state index contributed by atoms with van der Waals surface area (Å²) in [4.78, 5) is 26.9. The number of nitrogens with zero attached hydrogens (tertiary/aromatic N) is 1. The fourth-order valence-corrected chi connectivity index (χ4v) is 1.44. The molecule has 1 rings (SSSR count). The number of carboxylic acid groups (broad SMARTS) is 1. The Bertz CT molecular complexity index is 462. The number of carbonyl (C=O) groups excluding carboxylic acids is 1. The van der Waals surface area contributed by atoms with E-state index in [9.17, 15) is 9.59 Å². The van der Waals surface area contributed by atoms with Gasteiger partial charge in [-0.15, -0.1) is 0 Å². The molecule has 104 valence electrons. The van der Waals surface area contributed by atoms with Crippen LogP contribution in [0.1, 0.15) is 31.1 Å². The predicted octanol–water partition coefficient (Wildman–Crippen LogP) is 1.32. The van der Waals surface area contributed by atoms with E-state index in [1.807, 2.05) is 0 Å². The quantitative estimate of drug-likeness (QED) is 0.810. The van der Waals surface area contributed by atoms with E-state index in [-0.39, 0.29) is 5.88 Å². The highest BCUT2D eigenvalue weighted by atomic mass is 16.5. The molecule has 6 heteroatoms. The van der Waals surface area contributed by atoms with Crippen molar-refractivity contribution in [3.8, 4) is 5.88 Å². The van der Waals surface area contributed by atoms with E-state index in [0.29, 0.717) is 12.2 Å². The van der Waals surface area contributed by atoms with Gasteiger partial charge in [-0.25, -0.2) is 4.98 Å². The lowest BCUT2D eigenvalue weighted by atomic mass is 10.0. The topological polar surface area (TPSA) is 88.5 Å². The second-order valence-corrected chi connectivity index (χ2v) is 4.18. The number of nitrogens with one attached hydrogen (secondary N) is 1. The van der Waals surface area contributed by atoms with Crippen molar-refractivity contribution in [2.45, 2.75) is 26.8 Å². The molecule has 1 aromatic heterocycles. The molecule has 2 N–H and O–H groups in total. The molecule has 0 aromatic carbocycles. The average Bonchev–Trinajstić information content (AvgIpc) is 2.38. The first-order chi connectivity index (χ1) is 8.97. The highest BCUT2D eigenvalue weighted by molar-refractivity contribution is 5.96. The van der Waals surface area contributed by atoms with Crippen molar-refractivity contribution >= 4 is 11.9 Å². The lowest BCUT2D eigenvalue weighted by Crippen LogP contribution is -2.40. The molecule has 1 heterocycles. The van der Waals surface area contributed by atoms with Crippen LogP contribution in [0.25, 0.3) is 0 Å². The molecular formula is C13H18N2O4. The Morgan fingerprint density at radius 3 is 2.74 bits per heavy atom. The monoisotopic (exact) mass is 266 g/mol. The first-order valence-corrected chi connectivity index (χ1v) is 6.08. The first kappa shape index (κ1) is 14.9. The highest BCUT2D eigenvalue weighted by Gasteiger charge is 2.23. The molecule has 0 spiro atoms. The van der Waals surface area contributed by atoms with Crippen molar-refractivity contribution in [3.63, 3.8) is 0 Å². The van der Waals surface area contributed by atoms with Gasteiger partial charge in [0, 0.05) is 12.2 Å². The van der Waals surface area contributed by atoms with Crippen LogP contribution in [-0.4, -0.2) is 34.6 Å². The Kier molecular flexibility index (Phi) is 5.29. The summed E-state index contributed by atoms with van der Waals surface area (Å²) in [6.45, 7) is 5.39. The number of pyridine rings is 1. The second-order valence-electron chi connectivity index (χ2n) is 4.18. The molecule has 0 aliphatic heterocycles. The Balaban J connectivity index is 2.81. The van der Waals surface area contributed by atoms with Crippen molar-refractivity contribution in [3.05, 3.63) is 23.9 Å². The number of rotatable bonds is 6. The van der Waals surface area contributed by atoms with E-state index in [0.717, 1.165) is 0 Å². The van der Waals surface area contributed by atoms with Crippen LogP contribution < -0.4 is 10.1 Å². The van der Waals surface area contributed by atoms with Crippen molar-refractivity contribution in [2.75, 3.05) is 6.61 Å². The summed E-state index contributed by atoms with van der Waals surface area (Å²) in [5.41, 5.74) is 0.300. The van der Waals surface area contributed by atoms with Gasteiger partial charge in [0.05, 0.1) is 12.5 Å². The van der Waals surface area contributed by atoms with Gasteiger partial charge in [0.25, 0.3) is 5.91 Å². The maximum atomic E-state index is 12.1. The lowest BCUT2D eigenvalue weighted by molar-refractivity contribution is -0.141. The van der Waals surface area contributed by atoms with E-state index in [1.54, 1.807) is 32.9 Å². The van der Waals surface area contributed by atoms with Crippen LogP contribution in [-0.2, 0) is 4.79 Å². The fourth-order valence-electron chi connectivity index (χ4n) is 1.44. The molecule has 2 unspecified atom stereocenters. The number of carboxylic acids is 1. The van der Waals surface area contributed by atoms with Crippen LogP contribution in [0.3, 0.4) is 0 Å². The molecule has 19 heavy (non-hydrogen) atoms. The van der Waals surface area contributed by atoms with E-state index < -0.39 is 23.8 Å². The molecule has 0 aliphatic rings. The number of amides is 1. The minimum Gasteiger partial charge on any atom is -0.481 e. The molecule has 0 aliphatic carbocycles. The zero-order valence-electron chi connectivity index (χ0n) is 11.2. The average molecular weight is 266 g/mol. The molecule has 2 atom stereocenters. The number of aromatic nitrogens is 1. The van der Waals surface area contributed by atoms with Gasteiger partial charge in [0.15, 0.2) is 0 Å². The fraction of sp³-hybridized carbons (Fsp3) is 0.462. The predicted molar refractivity (Wildman–Crippen MR) is 69.1 cm³/mol. The standard InChI is InChI=1S/C13H18N2O4/c1-4-19-12-10(6-5-7-14-12)11(16)15-9(3)8(2)13(17)18/h5-9H,4H2,1-3H3,(H,15,16)(H,17,18).